The Morgan fingerprint density at radius 3 is 2.74 bits per heavy atom. The number of nitrogens with two attached hydrogens (primary N) is 1. The van der Waals surface area contributed by atoms with E-state index in [2.05, 4.69) is 20.8 Å². The Morgan fingerprint density at radius 2 is 2.07 bits per heavy atom. The van der Waals surface area contributed by atoms with Gasteiger partial charge >= 0.3 is 0 Å². The Labute approximate surface area is 157 Å². The molecule has 0 fully saturated rings. The van der Waals surface area contributed by atoms with E-state index in [-0.39, 0.29) is 17.7 Å². The number of hydrogen-bond acceptors (Lipinski definition) is 5. The van der Waals surface area contributed by atoms with Crippen molar-refractivity contribution >= 4 is 11.8 Å². The van der Waals surface area contributed by atoms with Crippen molar-refractivity contribution in [3.8, 4) is 11.3 Å². The first-order valence-corrected chi connectivity index (χ1v) is 8.91. The van der Waals surface area contributed by atoms with Crippen LogP contribution in [0.3, 0.4) is 0 Å². The van der Waals surface area contributed by atoms with Crippen LogP contribution in [0.15, 0.2) is 42.3 Å². The Bertz CT molecular complexity index is 870. The zero-order valence-electron chi connectivity index (χ0n) is 15.3. The number of aromatic amines is 1. The molecule has 5 N–H and O–H groups in total. The molecule has 0 saturated carbocycles. The number of carbonyl (C=O) groups excluding carboxylic acids is 2. The Kier molecular flexibility index (Phi) is 5.44. The number of ether oxygens (including phenoxy) is 1. The van der Waals surface area contributed by atoms with Gasteiger partial charge < -0.3 is 21.1 Å². The molecule has 2 aromatic rings. The van der Waals surface area contributed by atoms with E-state index in [1.807, 2.05) is 38.1 Å². The van der Waals surface area contributed by atoms with Gasteiger partial charge in [-0.2, -0.15) is 5.10 Å². The SMILES string of the molecule is CCC(CC)NC(=O)c1cc(-c2cccc(C3NC=C(C(N)=O)O3)c2)n[nH]1. The normalized spacial score (nSPS) is 15.8. The maximum absolute atomic E-state index is 12.3. The standard InChI is InChI=1S/C19H23N5O3/c1-3-13(4-2)22-18(26)15-9-14(23-24-15)11-6-5-7-12(8-11)19-21-10-16(27-19)17(20)25/h5-10,13,19,21H,3-4H2,1-2H3,(H2,20,25)(H,22,26)(H,23,24). The molecule has 1 atom stereocenters. The number of carbonyl (C=O) groups is 2. The average Bonchev–Trinajstić information content (AvgIpc) is 3.36. The molecular formula is C19H23N5O3. The predicted molar refractivity (Wildman–Crippen MR) is 100 cm³/mol. The van der Waals surface area contributed by atoms with Gasteiger partial charge in [-0.15, -0.1) is 0 Å². The molecule has 0 spiro atoms. The molecule has 2 heterocycles. The lowest BCUT2D eigenvalue weighted by atomic mass is 10.1. The van der Waals surface area contributed by atoms with Crippen LogP contribution >= 0.6 is 0 Å². The first-order valence-electron chi connectivity index (χ1n) is 8.91. The molecule has 142 valence electrons. The Balaban J connectivity index is 1.74. The van der Waals surface area contributed by atoms with Crippen molar-refractivity contribution in [2.45, 2.75) is 39.0 Å². The minimum Gasteiger partial charge on any atom is -0.459 e. The average molecular weight is 369 g/mol. The zero-order chi connectivity index (χ0) is 19.4. The third kappa shape index (κ3) is 4.11. The summed E-state index contributed by atoms with van der Waals surface area (Å²) >= 11 is 0. The number of nitrogens with zero attached hydrogens (tertiary/aromatic N) is 1. The second kappa shape index (κ2) is 7.94. The number of H-pyrrole nitrogens is 1. The highest BCUT2D eigenvalue weighted by molar-refractivity contribution is 5.93. The van der Waals surface area contributed by atoms with Gasteiger partial charge in [0, 0.05) is 23.4 Å². The van der Waals surface area contributed by atoms with E-state index in [4.69, 9.17) is 10.5 Å². The monoisotopic (exact) mass is 369 g/mol. The summed E-state index contributed by atoms with van der Waals surface area (Å²) in [5, 5.41) is 13.0. The van der Waals surface area contributed by atoms with E-state index in [0.717, 1.165) is 24.0 Å². The van der Waals surface area contributed by atoms with E-state index in [1.54, 1.807) is 6.07 Å². The second-order valence-corrected chi connectivity index (χ2v) is 6.32. The summed E-state index contributed by atoms with van der Waals surface area (Å²) in [6.07, 6.45) is 2.71. The number of aromatic nitrogens is 2. The maximum atomic E-state index is 12.3. The van der Waals surface area contributed by atoms with Crippen LogP contribution in [-0.4, -0.2) is 28.1 Å². The number of rotatable bonds is 7. The summed E-state index contributed by atoms with van der Waals surface area (Å²) in [6.45, 7) is 4.08. The highest BCUT2D eigenvalue weighted by Crippen LogP contribution is 2.27. The third-order valence-corrected chi connectivity index (χ3v) is 4.48. The minimum atomic E-state index is -0.624. The fourth-order valence-corrected chi connectivity index (χ4v) is 2.84. The molecule has 0 radical (unpaired) electrons. The molecule has 3 rings (SSSR count). The van der Waals surface area contributed by atoms with Crippen LogP contribution in [0.1, 0.15) is 49.0 Å². The van der Waals surface area contributed by atoms with Gasteiger partial charge in [0.15, 0.2) is 6.23 Å². The Hall–Kier alpha value is -3.29. The molecule has 27 heavy (non-hydrogen) atoms. The van der Waals surface area contributed by atoms with Crippen LogP contribution in [-0.2, 0) is 9.53 Å². The lowest BCUT2D eigenvalue weighted by Crippen LogP contribution is -2.33. The number of hydrogen-bond donors (Lipinski definition) is 4. The number of nitrogens with one attached hydrogen (secondary N) is 3. The molecule has 0 aliphatic carbocycles. The molecule has 1 aromatic carbocycles. The van der Waals surface area contributed by atoms with Crippen LogP contribution in [0.25, 0.3) is 11.3 Å². The van der Waals surface area contributed by atoms with Gasteiger partial charge in [-0.25, -0.2) is 0 Å². The predicted octanol–water partition coefficient (Wildman–Crippen LogP) is 1.94. The van der Waals surface area contributed by atoms with Crippen LogP contribution in [0, 0.1) is 0 Å². The molecule has 2 amide bonds. The molecule has 8 heteroatoms. The topological polar surface area (TPSA) is 122 Å². The highest BCUT2D eigenvalue weighted by Gasteiger charge is 2.23. The van der Waals surface area contributed by atoms with Crippen molar-refractivity contribution in [2.24, 2.45) is 5.73 Å². The fraction of sp³-hybridized carbons (Fsp3) is 0.316. The van der Waals surface area contributed by atoms with Crippen LogP contribution in [0.2, 0.25) is 0 Å². The fourth-order valence-electron chi connectivity index (χ4n) is 2.84. The molecular weight excluding hydrogens is 346 g/mol. The van der Waals surface area contributed by atoms with E-state index in [1.165, 1.54) is 6.20 Å². The van der Waals surface area contributed by atoms with E-state index in [0.29, 0.717) is 11.4 Å². The largest absolute Gasteiger partial charge is 0.459 e. The lowest BCUT2D eigenvalue weighted by molar-refractivity contribution is -0.118. The van der Waals surface area contributed by atoms with Gasteiger partial charge in [-0.3, -0.25) is 14.7 Å². The van der Waals surface area contributed by atoms with Crippen molar-refractivity contribution in [1.29, 1.82) is 0 Å². The molecule has 1 aliphatic heterocycles. The first kappa shape index (κ1) is 18.5. The van der Waals surface area contributed by atoms with Crippen molar-refractivity contribution < 1.29 is 14.3 Å². The quantitative estimate of drug-likeness (QED) is 0.594. The molecule has 0 saturated heterocycles. The maximum Gasteiger partial charge on any atom is 0.285 e. The summed E-state index contributed by atoms with van der Waals surface area (Å²) in [7, 11) is 0. The zero-order valence-corrected chi connectivity index (χ0v) is 15.3. The van der Waals surface area contributed by atoms with Crippen LogP contribution in [0.4, 0.5) is 0 Å². The number of primary amides is 1. The summed E-state index contributed by atoms with van der Waals surface area (Å²) in [5.41, 5.74) is 7.91. The highest BCUT2D eigenvalue weighted by atomic mass is 16.5. The van der Waals surface area contributed by atoms with Gasteiger partial charge in [-0.1, -0.05) is 32.0 Å². The lowest BCUT2D eigenvalue weighted by Gasteiger charge is -2.13. The first-order chi connectivity index (χ1) is 13.0. The van der Waals surface area contributed by atoms with Crippen LogP contribution < -0.4 is 16.4 Å². The van der Waals surface area contributed by atoms with Gasteiger partial charge in [-0.05, 0) is 25.0 Å². The smallest absolute Gasteiger partial charge is 0.285 e. The summed E-state index contributed by atoms with van der Waals surface area (Å²) in [4.78, 5) is 23.5. The van der Waals surface area contributed by atoms with Gasteiger partial charge in [0.25, 0.3) is 11.8 Å². The van der Waals surface area contributed by atoms with Crippen LogP contribution in [0.5, 0.6) is 0 Å². The van der Waals surface area contributed by atoms with E-state index in [9.17, 15) is 9.59 Å². The second-order valence-electron chi connectivity index (χ2n) is 6.32. The summed E-state index contributed by atoms with van der Waals surface area (Å²) < 4.78 is 5.49. The summed E-state index contributed by atoms with van der Waals surface area (Å²) in [6, 6.07) is 9.36. The van der Waals surface area contributed by atoms with E-state index >= 15 is 0 Å². The molecule has 0 bridgehead atoms. The number of benzene rings is 1. The van der Waals surface area contributed by atoms with Gasteiger partial charge in [0.2, 0.25) is 5.76 Å². The van der Waals surface area contributed by atoms with Crippen molar-refractivity contribution in [2.75, 3.05) is 0 Å². The van der Waals surface area contributed by atoms with E-state index < -0.39 is 12.1 Å². The molecule has 1 unspecified atom stereocenters. The molecule has 8 nitrogen and oxygen atoms in total. The summed E-state index contributed by atoms with van der Waals surface area (Å²) in [5.74, 6) is -0.707. The van der Waals surface area contributed by atoms with Gasteiger partial charge in [0.05, 0.1) is 5.69 Å². The van der Waals surface area contributed by atoms with Crippen molar-refractivity contribution in [3.05, 3.63) is 53.5 Å². The van der Waals surface area contributed by atoms with Gasteiger partial charge in [0.1, 0.15) is 5.69 Å². The van der Waals surface area contributed by atoms with Crippen molar-refractivity contribution in [3.63, 3.8) is 0 Å². The molecule has 1 aliphatic rings. The van der Waals surface area contributed by atoms with Crippen molar-refractivity contribution in [1.82, 2.24) is 20.8 Å². The molecule has 1 aromatic heterocycles. The Morgan fingerprint density at radius 1 is 1.30 bits per heavy atom. The third-order valence-electron chi connectivity index (χ3n) is 4.48. The minimum absolute atomic E-state index is 0.0885. The number of amides is 2.